The molecular formula is C17H17F3N4O2. The lowest BCUT2D eigenvalue weighted by atomic mass is 10.2. The van der Waals surface area contributed by atoms with Crippen LogP contribution in [0.2, 0.25) is 0 Å². The number of hydrogen-bond acceptors (Lipinski definition) is 5. The number of alkyl halides is 3. The molecule has 1 aromatic carbocycles. The number of aromatic nitrogens is 2. The Balaban J connectivity index is 1.78. The van der Waals surface area contributed by atoms with Gasteiger partial charge in [0.25, 0.3) is 0 Å². The molecule has 1 atom stereocenters. The molecule has 1 amide bonds. The fourth-order valence-corrected chi connectivity index (χ4v) is 2.88. The minimum atomic E-state index is -4.44. The van der Waals surface area contributed by atoms with Gasteiger partial charge in [0, 0.05) is 18.3 Å². The van der Waals surface area contributed by atoms with Crippen LogP contribution in [0.5, 0.6) is 5.75 Å². The van der Waals surface area contributed by atoms with Gasteiger partial charge in [0.2, 0.25) is 5.91 Å². The highest BCUT2D eigenvalue weighted by atomic mass is 19.4. The highest BCUT2D eigenvalue weighted by molar-refractivity contribution is 5.85. The van der Waals surface area contributed by atoms with Crippen LogP contribution in [0.3, 0.4) is 0 Å². The van der Waals surface area contributed by atoms with E-state index in [1.54, 1.807) is 23.1 Å². The molecule has 0 spiro atoms. The number of nitrogens with zero attached hydrogens (tertiary/aromatic N) is 3. The summed E-state index contributed by atoms with van der Waals surface area (Å²) < 4.78 is 37.0. The first kappa shape index (κ1) is 18.0. The number of carbonyl (C=O) groups excluding carboxylic acids is 1. The van der Waals surface area contributed by atoms with Gasteiger partial charge in [-0.15, -0.1) is 0 Å². The van der Waals surface area contributed by atoms with E-state index in [4.69, 9.17) is 0 Å². The first-order chi connectivity index (χ1) is 12.3. The zero-order chi connectivity index (χ0) is 18.7. The van der Waals surface area contributed by atoms with Gasteiger partial charge in [-0.3, -0.25) is 4.79 Å². The van der Waals surface area contributed by atoms with Crippen LogP contribution in [0.15, 0.2) is 36.5 Å². The Morgan fingerprint density at radius 3 is 2.69 bits per heavy atom. The maximum atomic E-state index is 12.3. The van der Waals surface area contributed by atoms with E-state index in [9.17, 15) is 23.1 Å². The minimum absolute atomic E-state index is 0.117. The zero-order valence-electron chi connectivity index (χ0n) is 13.7. The molecule has 1 aliphatic rings. The third-order valence-corrected chi connectivity index (χ3v) is 4.08. The monoisotopic (exact) mass is 366 g/mol. The largest absolute Gasteiger partial charge is 0.508 e. The topological polar surface area (TPSA) is 78.4 Å². The second kappa shape index (κ2) is 7.19. The number of benzene rings is 1. The van der Waals surface area contributed by atoms with Crippen LogP contribution in [-0.2, 0) is 4.79 Å². The van der Waals surface area contributed by atoms with Crippen LogP contribution in [0, 0.1) is 0 Å². The quantitative estimate of drug-likeness (QED) is 0.869. The molecular weight excluding hydrogens is 349 g/mol. The SMILES string of the molecule is O=C(NCC(F)(F)F)[C@H]1CCCN1c1ccnc(-c2ccc(O)cc2)n1. The molecule has 0 aliphatic carbocycles. The second-order valence-corrected chi connectivity index (χ2v) is 5.97. The molecule has 0 radical (unpaired) electrons. The molecule has 1 aliphatic heterocycles. The van der Waals surface area contributed by atoms with Crippen molar-refractivity contribution < 1.29 is 23.1 Å². The second-order valence-electron chi connectivity index (χ2n) is 5.97. The van der Waals surface area contributed by atoms with E-state index in [2.05, 4.69) is 9.97 Å². The van der Waals surface area contributed by atoms with Gasteiger partial charge in [0.15, 0.2) is 5.82 Å². The molecule has 26 heavy (non-hydrogen) atoms. The molecule has 6 nitrogen and oxygen atoms in total. The van der Waals surface area contributed by atoms with Gasteiger partial charge in [-0.25, -0.2) is 9.97 Å². The fraction of sp³-hybridized carbons (Fsp3) is 0.353. The molecule has 1 fully saturated rings. The van der Waals surface area contributed by atoms with Gasteiger partial charge >= 0.3 is 6.18 Å². The van der Waals surface area contributed by atoms with Gasteiger partial charge in [-0.05, 0) is 43.2 Å². The third kappa shape index (κ3) is 4.22. The van der Waals surface area contributed by atoms with Crippen molar-refractivity contribution in [1.29, 1.82) is 0 Å². The maximum absolute atomic E-state index is 12.3. The highest BCUT2D eigenvalue weighted by Gasteiger charge is 2.34. The first-order valence-electron chi connectivity index (χ1n) is 8.07. The van der Waals surface area contributed by atoms with E-state index < -0.39 is 24.7 Å². The van der Waals surface area contributed by atoms with Crippen LogP contribution in [0.25, 0.3) is 11.4 Å². The van der Waals surface area contributed by atoms with Gasteiger partial charge in [-0.2, -0.15) is 13.2 Å². The number of halogens is 3. The van der Waals surface area contributed by atoms with Crippen molar-refractivity contribution in [2.24, 2.45) is 0 Å². The third-order valence-electron chi connectivity index (χ3n) is 4.08. The summed E-state index contributed by atoms with van der Waals surface area (Å²) >= 11 is 0. The van der Waals surface area contributed by atoms with Crippen molar-refractivity contribution >= 4 is 11.7 Å². The number of phenolic OH excluding ortho intramolecular Hbond substituents is 1. The summed E-state index contributed by atoms with van der Waals surface area (Å²) in [6.45, 7) is -0.825. The van der Waals surface area contributed by atoms with Crippen molar-refractivity contribution in [3.05, 3.63) is 36.5 Å². The summed E-state index contributed by atoms with van der Waals surface area (Å²) in [6.07, 6.45) is -1.77. The normalized spacial score (nSPS) is 17.3. The van der Waals surface area contributed by atoms with Gasteiger partial charge in [-0.1, -0.05) is 0 Å². The molecule has 2 N–H and O–H groups in total. The van der Waals surface area contributed by atoms with E-state index in [1.165, 1.54) is 18.3 Å². The zero-order valence-corrected chi connectivity index (χ0v) is 13.7. The lowest BCUT2D eigenvalue weighted by Crippen LogP contribution is -2.46. The van der Waals surface area contributed by atoms with Gasteiger partial charge in [0.1, 0.15) is 24.2 Å². The van der Waals surface area contributed by atoms with Crippen molar-refractivity contribution in [1.82, 2.24) is 15.3 Å². The molecule has 2 heterocycles. The van der Waals surface area contributed by atoms with Crippen molar-refractivity contribution in [3.8, 4) is 17.1 Å². The molecule has 0 bridgehead atoms. The van der Waals surface area contributed by atoms with Crippen molar-refractivity contribution in [3.63, 3.8) is 0 Å². The predicted octanol–water partition coefficient (Wildman–Crippen LogP) is 2.50. The maximum Gasteiger partial charge on any atom is 0.405 e. The molecule has 138 valence electrons. The summed E-state index contributed by atoms with van der Waals surface area (Å²) in [5, 5.41) is 11.3. The highest BCUT2D eigenvalue weighted by Crippen LogP contribution is 2.26. The van der Waals surface area contributed by atoms with Crippen molar-refractivity contribution in [2.75, 3.05) is 18.0 Å². The fourth-order valence-electron chi connectivity index (χ4n) is 2.88. The Morgan fingerprint density at radius 2 is 2.00 bits per heavy atom. The number of anilines is 1. The van der Waals surface area contributed by atoms with Crippen LogP contribution in [-0.4, -0.2) is 46.3 Å². The lowest BCUT2D eigenvalue weighted by molar-refractivity contribution is -0.139. The summed E-state index contributed by atoms with van der Waals surface area (Å²) in [5.74, 6) is 0.340. The number of nitrogens with one attached hydrogen (secondary N) is 1. The smallest absolute Gasteiger partial charge is 0.405 e. The number of amides is 1. The molecule has 1 saturated heterocycles. The predicted molar refractivity (Wildman–Crippen MR) is 88.6 cm³/mol. The molecule has 0 unspecified atom stereocenters. The number of carbonyl (C=O) groups is 1. The number of aromatic hydroxyl groups is 1. The Hall–Kier alpha value is -2.84. The summed E-state index contributed by atoms with van der Waals surface area (Å²) in [7, 11) is 0. The standard InChI is InChI=1S/C17H17F3N4O2/c18-17(19,20)10-22-16(26)13-2-1-9-24(13)14-7-8-21-15(23-14)11-3-5-12(25)6-4-11/h3-8,13,25H,1-2,9-10H2,(H,22,26)/t13-/m1/s1. The number of phenols is 1. The van der Waals surface area contributed by atoms with E-state index in [1.807, 2.05) is 5.32 Å². The molecule has 3 rings (SSSR count). The lowest BCUT2D eigenvalue weighted by Gasteiger charge is -2.25. The van der Waals surface area contributed by atoms with Crippen LogP contribution in [0.4, 0.5) is 19.0 Å². The average molecular weight is 366 g/mol. The summed E-state index contributed by atoms with van der Waals surface area (Å²) in [4.78, 5) is 22.4. The number of rotatable bonds is 4. The van der Waals surface area contributed by atoms with E-state index in [-0.39, 0.29) is 5.75 Å². The summed E-state index contributed by atoms with van der Waals surface area (Å²) in [6, 6.07) is 7.26. The van der Waals surface area contributed by atoms with Crippen LogP contribution in [0.1, 0.15) is 12.8 Å². The Kier molecular flexibility index (Phi) is 4.97. The van der Waals surface area contributed by atoms with Crippen molar-refractivity contribution in [2.45, 2.75) is 25.1 Å². The first-order valence-corrected chi connectivity index (χ1v) is 8.07. The van der Waals surface area contributed by atoms with Gasteiger partial charge in [0.05, 0.1) is 0 Å². The Morgan fingerprint density at radius 1 is 1.27 bits per heavy atom. The van der Waals surface area contributed by atoms with E-state index in [0.29, 0.717) is 36.6 Å². The van der Waals surface area contributed by atoms with E-state index >= 15 is 0 Å². The van der Waals surface area contributed by atoms with Crippen LogP contribution >= 0.6 is 0 Å². The molecule has 0 saturated carbocycles. The van der Waals surface area contributed by atoms with E-state index in [0.717, 1.165) is 0 Å². The molecule has 2 aromatic rings. The molecule has 9 heteroatoms. The number of hydrogen-bond donors (Lipinski definition) is 2. The van der Waals surface area contributed by atoms with Gasteiger partial charge < -0.3 is 15.3 Å². The Bertz CT molecular complexity index is 780. The summed E-state index contributed by atoms with van der Waals surface area (Å²) in [5.41, 5.74) is 0.682. The van der Waals surface area contributed by atoms with Crippen LogP contribution < -0.4 is 10.2 Å². The Labute approximate surface area is 147 Å². The minimum Gasteiger partial charge on any atom is -0.508 e. The average Bonchev–Trinajstić information content (AvgIpc) is 3.10. The molecule has 1 aromatic heterocycles.